The second-order valence-corrected chi connectivity index (χ2v) is 3.41. The van der Waals surface area contributed by atoms with Gasteiger partial charge in [0, 0.05) is 18.6 Å². The Bertz CT molecular complexity index is 243. The van der Waals surface area contributed by atoms with Crippen molar-refractivity contribution in [2.75, 3.05) is 13.2 Å². The molecule has 1 saturated heterocycles. The van der Waals surface area contributed by atoms with Gasteiger partial charge in [0.2, 0.25) is 0 Å². The topological polar surface area (TPSA) is 66.0 Å². The van der Waals surface area contributed by atoms with Gasteiger partial charge >= 0.3 is 0 Å². The Morgan fingerprint density at radius 2 is 2.62 bits per heavy atom. The van der Waals surface area contributed by atoms with Crippen molar-refractivity contribution in [1.29, 1.82) is 0 Å². The molecule has 72 valence electrons. The number of nitrogens with two attached hydrogens (primary N) is 1. The highest BCUT2D eigenvalue weighted by molar-refractivity contribution is 4.76. The normalized spacial score (nSPS) is 24.8. The lowest BCUT2D eigenvalue weighted by molar-refractivity contribution is 0.178. The number of hydrogen-bond acceptors (Lipinski definition) is 4. The average molecular weight is 182 g/mol. The zero-order valence-electron chi connectivity index (χ0n) is 7.47. The van der Waals surface area contributed by atoms with Crippen LogP contribution in [0.2, 0.25) is 0 Å². The molecule has 0 aromatic carbocycles. The summed E-state index contributed by atoms with van der Waals surface area (Å²) in [4.78, 5) is 3.87. The minimum absolute atomic E-state index is 0.129. The maximum Gasteiger partial charge on any atom is 0.137 e. The van der Waals surface area contributed by atoms with Crippen LogP contribution in [0.15, 0.2) is 12.7 Å². The summed E-state index contributed by atoms with van der Waals surface area (Å²) >= 11 is 0. The fraction of sp³-hybridized carbons (Fsp3) is 0.750. The van der Waals surface area contributed by atoms with Gasteiger partial charge in [0.05, 0.1) is 13.2 Å². The second-order valence-electron chi connectivity index (χ2n) is 3.41. The molecule has 2 rings (SSSR count). The molecule has 1 aromatic heterocycles. The summed E-state index contributed by atoms with van der Waals surface area (Å²) < 4.78 is 7.04. The highest BCUT2D eigenvalue weighted by Gasteiger charge is 2.22. The molecule has 1 aliphatic heterocycles. The lowest BCUT2D eigenvalue weighted by Crippen LogP contribution is -2.34. The van der Waals surface area contributed by atoms with E-state index >= 15 is 0 Å². The van der Waals surface area contributed by atoms with Crippen LogP contribution in [0, 0.1) is 5.92 Å². The molecule has 5 heteroatoms. The first kappa shape index (κ1) is 8.65. The third kappa shape index (κ3) is 2.05. The van der Waals surface area contributed by atoms with Crippen LogP contribution in [0.3, 0.4) is 0 Å². The van der Waals surface area contributed by atoms with Gasteiger partial charge in [-0.2, -0.15) is 5.10 Å². The van der Waals surface area contributed by atoms with E-state index in [2.05, 4.69) is 10.1 Å². The summed E-state index contributed by atoms with van der Waals surface area (Å²) in [5.74, 6) is 0.476. The molecule has 0 saturated carbocycles. The molecule has 13 heavy (non-hydrogen) atoms. The number of ether oxygens (including phenoxy) is 1. The molecule has 0 spiro atoms. The Hall–Kier alpha value is -0.940. The van der Waals surface area contributed by atoms with Crippen molar-refractivity contribution in [2.45, 2.75) is 19.0 Å². The minimum Gasteiger partial charge on any atom is -0.381 e. The van der Waals surface area contributed by atoms with E-state index in [9.17, 15) is 0 Å². The van der Waals surface area contributed by atoms with Gasteiger partial charge in [-0.05, 0) is 6.42 Å². The molecule has 2 atom stereocenters. The maximum absolute atomic E-state index is 6.00. The van der Waals surface area contributed by atoms with Crippen LogP contribution < -0.4 is 5.73 Å². The maximum atomic E-state index is 6.00. The Labute approximate surface area is 76.9 Å². The standard InChI is InChI=1S/C8H14N4O/c9-8(7-1-2-13-4-7)3-12-6-10-5-11-12/h5-8H,1-4,9H2. The molecule has 0 amide bonds. The van der Waals surface area contributed by atoms with Crippen LogP contribution in [-0.2, 0) is 11.3 Å². The van der Waals surface area contributed by atoms with Crippen LogP contribution in [0.25, 0.3) is 0 Å². The lowest BCUT2D eigenvalue weighted by Gasteiger charge is -2.16. The summed E-state index contributed by atoms with van der Waals surface area (Å²) in [5.41, 5.74) is 6.00. The SMILES string of the molecule is NC(Cn1cncn1)C1CCOC1. The van der Waals surface area contributed by atoms with Gasteiger partial charge < -0.3 is 10.5 Å². The van der Waals surface area contributed by atoms with E-state index in [1.165, 1.54) is 6.33 Å². The van der Waals surface area contributed by atoms with E-state index in [-0.39, 0.29) is 6.04 Å². The van der Waals surface area contributed by atoms with Gasteiger partial charge in [-0.25, -0.2) is 4.98 Å². The molecule has 0 radical (unpaired) electrons. The molecule has 1 fully saturated rings. The molecule has 1 aromatic rings. The third-order valence-electron chi connectivity index (χ3n) is 2.43. The summed E-state index contributed by atoms with van der Waals surface area (Å²) in [7, 11) is 0. The molecule has 5 nitrogen and oxygen atoms in total. The van der Waals surface area contributed by atoms with Crippen LogP contribution in [0.1, 0.15) is 6.42 Å². The zero-order valence-corrected chi connectivity index (χ0v) is 7.47. The van der Waals surface area contributed by atoms with Crippen molar-refractivity contribution in [3.63, 3.8) is 0 Å². The first-order valence-electron chi connectivity index (χ1n) is 4.52. The average Bonchev–Trinajstić information content (AvgIpc) is 2.74. The van der Waals surface area contributed by atoms with Gasteiger partial charge in [-0.1, -0.05) is 0 Å². The number of hydrogen-bond donors (Lipinski definition) is 1. The number of nitrogens with zero attached hydrogens (tertiary/aromatic N) is 3. The summed E-state index contributed by atoms with van der Waals surface area (Å²) in [5, 5.41) is 4.01. The van der Waals surface area contributed by atoms with Crippen molar-refractivity contribution in [2.24, 2.45) is 11.7 Å². The summed E-state index contributed by atoms with van der Waals surface area (Å²) in [6.45, 7) is 2.36. The van der Waals surface area contributed by atoms with E-state index in [0.717, 1.165) is 26.2 Å². The smallest absolute Gasteiger partial charge is 0.137 e. The second kappa shape index (κ2) is 3.85. The van der Waals surface area contributed by atoms with Gasteiger partial charge in [0.15, 0.2) is 0 Å². The van der Waals surface area contributed by atoms with E-state index in [1.807, 2.05) is 0 Å². The molecule has 0 bridgehead atoms. The highest BCUT2D eigenvalue weighted by atomic mass is 16.5. The van der Waals surface area contributed by atoms with Gasteiger partial charge in [-0.15, -0.1) is 0 Å². The van der Waals surface area contributed by atoms with E-state index in [0.29, 0.717) is 5.92 Å². The Balaban J connectivity index is 1.87. The first-order valence-corrected chi connectivity index (χ1v) is 4.52. The fourth-order valence-electron chi connectivity index (χ4n) is 1.58. The Morgan fingerprint density at radius 1 is 1.69 bits per heavy atom. The van der Waals surface area contributed by atoms with Crippen LogP contribution in [-0.4, -0.2) is 34.0 Å². The molecular formula is C8H14N4O. The van der Waals surface area contributed by atoms with Gasteiger partial charge in [-0.3, -0.25) is 4.68 Å². The van der Waals surface area contributed by atoms with Crippen LogP contribution in [0.4, 0.5) is 0 Å². The van der Waals surface area contributed by atoms with E-state index in [1.54, 1.807) is 11.0 Å². The predicted octanol–water partition coefficient (Wildman–Crippen LogP) is -0.358. The molecule has 0 aliphatic carbocycles. The largest absolute Gasteiger partial charge is 0.381 e. The van der Waals surface area contributed by atoms with Crippen LogP contribution >= 0.6 is 0 Å². The number of rotatable bonds is 3. The molecule has 2 N–H and O–H groups in total. The predicted molar refractivity (Wildman–Crippen MR) is 46.9 cm³/mol. The first-order chi connectivity index (χ1) is 6.36. The van der Waals surface area contributed by atoms with Crippen molar-refractivity contribution in [3.05, 3.63) is 12.7 Å². The highest BCUT2D eigenvalue weighted by Crippen LogP contribution is 2.15. The molecule has 1 aliphatic rings. The minimum atomic E-state index is 0.129. The lowest BCUT2D eigenvalue weighted by atomic mass is 10.0. The third-order valence-corrected chi connectivity index (χ3v) is 2.43. The van der Waals surface area contributed by atoms with E-state index < -0.39 is 0 Å². The van der Waals surface area contributed by atoms with Gasteiger partial charge in [0.25, 0.3) is 0 Å². The van der Waals surface area contributed by atoms with Crippen molar-refractivity contribution in [1.82, 2.24) is 14.8 Å². The molecule has 2 heterocycles. The monoisotopic (exact) mass is 182 g/mol. The zero-order chi connectivity index (χ0) is 9.10. The van der Waals surface area contributed by atoms with Gasteiger partial charge in [0.1, 0.15) is 12.7 Å². The number of aromatic nitrogens is 3. The summed E-state index contributed by atoms with van der Waals surface area (Å²) in [6, 6.07) is 0.129. The van der Waals surface area contributed by atoms with Crippen molar-refractivity contribution < 1.29 is 4.74 Å². The van der Waals surface area contributed by atoms with E-state index in [4.69, 9.17) is 10.5 Å². The Kier molecular flexibility index (Phi) is 2.56. The quantitative estimate of drug-likeness (QED) is 0.693. The molecule has 2 unspecified atom stereocenters. The fourth-order valence-corrected chi connectivity index (χ4v) is 1.58. The van der Waals surface area contributed by atoms with Crippen LogP contribution in [0.5, 0.6) is 0 Å². The van der Waals surface area contributed by atoms with Crippen molar-refractivity contribution in [3.8, 4) is 0 Å². The summed E-state index contributed by atoms with van der Waals surface area (Å²) in [6.07, 6.45) is 4.28. The molecular weight excluding hydrogens is 168 g/mol. The van der Waals surface area contributed by atoms with Crippen molar-refractivity contribution >= 4 is 0 Å². The Morgan fingerprint density at radius 3 is 3.23 bits per heavy atom.